The smallest absolute Gasteiger partial charge is 0.289 e. The van der Waals surface area contributed by atoms with Crippen LogP contribution in [0.1, 0.15) is 10.6 Å². The van der Waals surface area contributed by atoms with Crippen molar-refractivity contribution in [3.05, 3.63) is 54.0 Å². The highest BCUT2D eigenvalue weighted by Crippen LogP contribution is 2.17. The van der Waals surface area contributed by atoms with Gasteiger partial charge in [-0.2, -0.15) is 0 Å². The SMILES string of the molecule is O=C(C[NH+]1CCN(C(=O)c2ccco2)CC1)Nc1c(F)cccc1F. The van der Waals surface area contributed by atoms with E-state index in [1.54, 1.807) is 17.0 Å². The Morgan fingerprint density at radius 1 is 1.12 bits per heavy atom. The van der Waals surface area contributed by atoms with Gasteiger partial charge in [0.2, 0.25) is 0 Å². The number of anilines is 1. The Hall–Kier alpha value is -2.74. The molecule has 1 aromatic heterocycles. The van der Waals surface area contributed by atoms with Gasteiger partial charge in [0.25, 0.3) is 11.8 Å². The molecule has 1 fully saturated rings. The first-order chi connectivity index (χ1) is 12.0. The summed E-state index contributed by atoms with van der Waals surface area (Å²) in [7, 11) is 0. The number of para-hydroxylation sites is 1. The number of piperazine rings is 1. The quantitative estimate of drug-likeness (QED) is 0.846. The summed E-state index contributed by atoms with van der Waals surface area (Å²) in [6.45, 7) is 2.18. The maximum atomic E-state index is 13.5. The normalized spacial score (nSPS) is 15.2. The zero-order valence-corrected chi connectivity index (χ0v) is 13.4. The highest BCUT2D eigenvalue weighted by Gasteiger charge is 2.27. The van der Waals surface area contributed by atoms with Gasteiger partial charge in [0.1, 0.15) is 17.3 Å². The summed E-state index contributed by atoms with van der Waals surface area (Å²) in [5.41, 5.74) is -0.432. The molecule has 2 amide bonds. The molecule has 3 rings (SSSR count). The van der Waals surface area contributed by atoms with Gasteiger partial charge in [-0.3, -0.25) is 9.59 Å². The summed E-state index contributed by atoms with van der Waals surface area (Å²) in [6.07, 6.45) is 1.45. The van der Waals surface area contributed by atoms with Crippen LogP contribution in [0.15, 0.2) is 41.0 Å². The van der Waals surface area contributed by atoms with Crippen LogP contribution in [0.3, 0.4) is 0 Å². The number of nitrogens with one attached hydrogen (secondary N) is 2. The van der Waals surface area contributed by atoms with E-state index in [-0.39, 0.29) is 18.2 Å². The second-order valence-electron chi connectivity index (χ2n) is 5.84. The number of furan rings is 1. The van der Waals surface area contributed by atoms with Crippen molar-refractivity contribution in [1.82, 2.24) is 4.90 Å². The Kier molecular flexibility index (Phi) is 5.08. The lowest BCUT2D eigenvalue weighted by molar-refractivity contribution is -0.895. The molecule has 1 aromatic carbocycles. The van der Waals surface area contributed by atoms with E-state index in [2.05, 4.69) is 5.32 Å². The molecular weight excluding hydrogens is 332 g/mol. The summed E-state index contributed by atoms with van der Waals surface area (Å²) in [6, 6.07) is 6.68. The minimum atomic E-state index is -0.808. The third-order valence-corrected chi connectivity index (χ3v) is 4.13. The lowest BCUT2D eigenvalue weighted by atomic mass is 10.2. The van der Waals surface area contributed by atoms with Gasteiger partial charge in [-0.1, -0.05) is 6.07 Å². The van der Waals surface area contributed by atoms with Crippen molar-refractivity contribution in [1.29, 1.82) is 0 Å². The van der Waals surface area contributed by atoms with Crippen LogP contribution in [0, 0.1) is 11.6 Å². The average molecular weight is 350 g/mol. The molecule has 8 heteroatoms. The van der Waals surface area contributed by atoms with E-state index >= 15 is 0 Å². The van der Waals surface area contributed by atoms with Crippen molar-refractivity contribution < 1.29 is 27.7 Å². The van der Waals surface area contributed by atoms with Crippen molar-refractivity contribution in [3.63, 3.8) is 0 Å². The van der Waals surface area contributed by atoms with Gasteiger partial charge in [0, 0.05) is 0 Å². The molecule has 0 unspecified atom stereocenters. The Bertz CT molecular complexity index is 736. The van der Waals surface area contributed by atoms with Crippen molar-refractivity contribution in [2.45, 2.75) is 0 Å². The molecule has 1 saturated heterocycles. The molecule has 132 valence electrons. The van der Waals surface area contributed by atoms with Crippen LogP contribution in [0.4, 0.5) is 14.5 Å². The van der Waals surface area contributed by atoms with Crippen molar-refractivity contribution >= 4 is 17.5 Å². The van der Waals surface area contributed by atoms with Crippen molar-refractivity contribution in [2.24, 2.45) is 0 Å². The third kappa shape index (κ3) is 4.03. The fourth-order valence-corrected chi connectivity index (χ4v) is 2.79. The number of carbonyl (C=O) groups excluding carboxylic acids is 2. The zero-order chi connectivity index (χ0) is 17.8. The molecule has 6 nitrogen and oxygen atoms in total. The van der Waals surface area contributed by atoms with Gasteiger partial charge in [-0.05, 0) is 24.3 Å². The summed E-state index contributed by atoms with van der Waals surface area (Å²) >= 11 is 0. The van der Waals surface area contributed by atoms with E-state index < -0.39 is 23.2 Å². The summed E-state index contributed by atoms with van der Waals surface area (Å²) in [4.78, 5) is 26.8. The molecule has 1 aliphatic heterocycles. The molecule has 1 aliphatic rings. The predicted molar refractivity (Wildman–Crippen MR) is 85.2 cm³/mol. The molecule has 0 atom stereocenters. The van der Waals surface area contributed by atoms with Gasteiger partial charge >= 0.3 is 0 Å². The van der Waals surface area contributed by atoms with E-state index in [9.17, 15) is 18.4 Å². The molecule has 25 heavy (non-hydrogen) atoms. The highest BCUT2D eigenvalue weighted by molar-refractivity contribution is 5.92. The van der Waals surface area contributed by atoms with E-state index in [0.29, 0.717) is 26.2 Å². The van der Waals surface area contributed by atoms with E-state index in [4.69, 9.17) is 4.42 Å². The molecular formula is C17H18F2N3O3+. The summed E-state index contributed by atoms with van der Waals surface area (Å²) < 4.78 is 32.2. The number of quaternary nitrogens is 1. The second kappa shape index (κ2) is 7.43. The molecule has 2 heterocycles. The number of carbonyl (C=O) groups is 2. The number of amides is 2. The zero-order valence-electron chi connectivity index (χ0n) is 13.4. The number of hydrogen-bond acceptors (Lipinski definition) is 3. The standard InChI is InChI=1S/C17H17F2N3O3/c18-12-3-1-4-13(19)16(12)20-15(23)11-21-6-8-22(9-7-21)17(24)14-5-2-10-25-14/h1-5,10H,6-9,11H2,(H,20,23)/p+1. The molecule has 0 bridgehead atoms. The van der Waals surface area contributed by atoms with E-state index in [1.165, 1.54) is 12.3 Å². The summed E-state index contributed by atoms with van der Waals surface area (Å²) in [5, 5.41) is 2.28. The van der Waals surface area contributed by atoms with Crippen LogP contribution in [0.5, 0.6) is 0 Å². The number of benzene rings is 1. The third-order valence-electron chi connectivity index (χ3n) is 4.13. The number of rotatable bonds is 4. The lowest BCUT2D eigenvalue weighted by Crippen LogP contribution is -3.15. The Balaban J connectivity index is 1.50. The summed E-state index contributed by atoms with van der Waals surface area (Å²) in [5.74, 6) is -1.97. The van der Waals surface area contributed by atoms with Crippen LogP contribution < -0.4 is 10.2 Å². The maximum Gasteiger partial charge on any atom is 0.289 e. The first-order valence-electron chi connectivity index (χ1n) is 7.95. The van der Waals surface area contributed by atoms with E-state index in [0.717, 1.165) is 17.0 Å². The van der Waals surface area contributed by atoms with Gasteiger partial charge in [0.05, 0.1) is 32.4 Å². The van der Waals surface area contributed by atoms with Crippen LogP contribution in [-0.2, 0) is 4.79 Å². The van der Waals surface area contributed by atoms with E-state index in [1.807, 2.05) is 0 Å². The first-order valence-corrected chi connectivity index (χ1v) is 7.95. The van der Waals surface area contributed by atoms with Gasteiger partial charge in [-0.25, -0.2) is 8.78 Å². The minimum absolute atomic E-state index is 0.0799. The maximum absolute atomic E-state index is 13.5. The first kappa shape index (κ1) is 17.1. The second-order valence-corrected chi connectivity index (χ2v) is 5.84. The molecule has 2 N–H and O–H groups in total. The van der Waals surface area contributed by atoms with Crippen molar-refractivity contribution in [2.75, 3.05) is 38.0 Å². The Labute approximate surface area is 143 Å². The Morgan fingerprint density at radius 2 is 1.80 bits per heavy atom. The van der Waals surface area contributed by atoms with Crippen LogP contribution in [0.2, 0.25) is 0 Å². The van der Waals surface area contributed by atoms with Crippen LogP contribution in [0.25, 0.3) is 0 Å². The van der Waals surface area contributed by atoms with Gasteiger partial charge in [0.15, 0.2) is 12.3 Å². The molecule has 2 aromatic rings. The highest BCUT2D eigenvalue weighted by atomic mass is 19.1. The number of hydrogen-bond donors (Lipinski definition) is 2. The Morgan fingerprint density at radius 3 is 2.40 bits per heavy atom. The monoisotopic (exact) mass is 350 g/mol. The van der Waals surface area contributed by atoms with Gasteiger partial charge in [-0.15, -0.1) is 0 Å². The van der Waals surface area contributed by atoms with Gasteiger partial charge < -0.3 is 19.5 Å². The molecule has 0 saturated carbocycles. The average Bonchev–Trinajstić information content (AvgIpc) is 3.13. The molecule has 0 radical (unpaired) electrons. The predicted octanol–water partition coefficient (Wildman–Crippen LogP) is 0.537. The largest absolute Gasteiger partial charge is 0.459 e. The molecule has 0 spiro atoms. The van der Waals surface area contributed by atoms with Crippen molar-refractivity contribution in [3.8, 4) is 0 Å². The fourth-order valence-electron chi connectivity index (χ4n) is 2.79. The number of halogens is 2. The minimum Gasteiger partial charge on any atom is -0.459 e. The van der Waals surface area contributed by atoms with Crippen LogP contribution in [-0.4, -0.2) is 49.4 Å². The fraction of sp³-hybridized carbons (Fsp3) is 0.294. The van der Waals surface area contributed by atoms with Crippen LogP contribution >= 0.6 is 0 Å². The number of nitrogens with zero attached hydrogens (tertiary/aromatic N) is 1. The lowest BCUT2D eigenvalue weighted by Gasteiger charge is -2.31. The molecule has 0 aliphatic carbocycles. The topological polar surface area (TPSA) is 67.0 Å².